The highest BCUT2D eigenvalue weighted by molar-refractivity contribution is 6.17. The van der Waals surface area contributed by atoms with Crippen molar-refractivity contribution in [3.05, 3.63) is 30.4 Å². The Bertz CT molecular complexity index is 899. The van der Waals surface area contributed by atoms with Crippen molar-refractivity contribution >= 4 is 28.6 Å². The Morgan fingerprint density at radius 2 is 2.00 bits per heavy atom. The summed E-state index contributed by atoms with van der Waals surface area (Å²) < 4.78 is 6.94. The summed E-state index contributed by atoms with van der Waals surface area (Å²) in [5, 5.41) is 23.1. The number of hydrogen-bond acceptors (Lipinski definition) is 7. The largest absolute Gasteiger partial charge is 0.507 e. The van der Waals surface area contributed by atoms with Gasteiger partial charge in [0.2, 0.25) is 0 Å². The zero-order valence-corrected chi connectivity index (χ0v) is 15.1. The topological polar surface area (TPSA) is 105 Å². The van der Waals surface area contributed by atoms with Crippen LogP contribution in [0.15, 0.2) is 24.8 Å². The van der Waals surface area contributed by atoms with Crippen LogP contribution >= 0.6 is 11.6 Å². The predicted octanol–water partition coefficient (Wildman–Crippen LogP) is 2.88. The first-order chi connectivity index (χ1) is 12.6. The molecule has 0 spiro atoms. The molecule has 26 heavy (non-hydrogen) atoms. The van der Waals surface area contributed by atoms with E-state index in [4.69, 9.17) is 16.3 Å². The first kappa shape index (κ1) is 18.1. The molecule has 0 unspecified atom stereocenters. The number of aromatic nitrogens is 4. The molecule has 3 rings (SSSR count). The Labute approximate surface area is 155 Å². The zero-order chi connectivity index (χ0) is 18.5. The minimum absolute atomic E-state index is 0.0176. The number of aromatic hydroxyl groups is 2. The molecule has 0 fully saturated rings. The van der Waals surface area contributed by atoms with Gasteiger partial charge in [0.25, 0.3) is 0 Å². The number of phenols is 2. The molecular weight excluding hydrogens is 358 g/mol. The molecule has 0 bridgehead atoms. The summed E-state index contributed by atoms with van der Waals surface area (Å²) in [5.74, 6) is 1.38. The smallest absolute Gasteiger partial charge is 0.165 e. The van der Waals surface area contributed by atoms with Crippen LogP contribution < -0.4 is 10.1 Å². The number of nitrogens with one attached hydrogen (secondary N) is 1. The van der Waals surface area contributed by atoms with Crippen molar-refractivity contribution in [3.63, 3.8) is 0 Å². The van der Waals surface area contributed by atoms with E-state index in [0.29, 0.717) is 22.8 Å². The van der Waals surface area contributed by atoms with Gasteiger partial charge in [-0.25, -0.2) is 15.0 Å². The third kappa shape index (κ3) is 3.75. The van der Waals surface area contributed by atoms with E-state index in [-0.39, 0.29) is 23.8 Å². The number of hydrogen-bond donors (Lipinski definition) is 3. The number of fused-ring (bicyclic) bond motifs is 1. The van der Waals surface area contributed by atoms with Crippen molar-refractivity contribution in [3.8, 4) is 17.2 Å². The monoisotopic (exact) mass is 377 g/mol. The highest BCUT2D eigenvalue weighted by atomic mass is 35.5. The minimum atomic E-state index is -0.0431. The van der Waals surface area contributed by atoms with Crippen molar-refractivity contribution in [1.82, 2.24) is 19.5 Å². The molecule has 2 heterocycles. The number of halogens is 1. The van der Waals surface area contributed by atoms with Gasteiger partial charge >= 0.3 is 0 Å². The van der Waals surface area contributed by atoms with Crippen LogP contribution in [0.3, 0.4) is 0 Å². The summed E-state index contributed by atoms with van der Waals surface area (Å²) in [6.45, 7) is 1.04. The molecular formula is C17H20ClN5O3. The molecule has 0 saturated carbocycles. The number of alkyl halides is 1. The van der Waals surface area contributed by atoms with Crippen LogP contribution in [0.1, 0.15) is 18.4 Å². The Kier molecular flexibility index (Phi) is 5.62. The number of ether oxygens (including phenoxy) is 1. The second-order valence-corrected chi connectivity index (χ2v) is 6.11. The number of nitrogens with zero attached hydrogens (tertiary/aromatic N) is 4. The number of methoxy groups -OCH3 is 1. The molecule has 3 aromatic rings. The highest BCUT2D eigenvalue weighted by Gasteiger charge is 2.12. The standard InChI is InChI=1S/C17H20ClN5O3/c1-26-14-7-12(24)11(6-13(14)25)8-19-16-15-17(21-9-20-16)23(10-22-15)5-3-2-4-18/h6-7,9-10,24-25H,2-5,8H2,1H3,(H,19,20,21). The molecule has 0 amide bonds. The molecule has 2 aromatic heterocycles. The van der Waals surface area contributed by atoms with Crippen LogP contribution in [-0.2, 0) is 13.1 Å². The lowest BCUT2D eigenvalue weighted by atomic mass is 10.1. The molecule has 9 heteroatoms. The van der Waals surface area contributed by atoms with Gasteiger partial charge in [-0.05, 0) is 18.9 Å². The van der Waals surface area contributed by atoms with E-state index in [1.165, 1.54) is 25.6 Å². The van der Waals surface area contributed by atoms with Crippen LogP contribution in [0.25, 0.3) is 11.2 Å². The maximum atomic E-state index is 10.1. The number of benzene rings is 1. The maximum Gasteiger partial charge on any atom is 0.165 e. The van der Waals surface area contributed by atoms with Gasteiger partial charge in [-0.2, -0.15) is 0 Å². The normalized spacial score (nSPS) is 11.0. The Morgan fingerprint density at radius 3 is 2.77 bits per heavy atom. The van der Waals surface area contributed by atoms with E-state index in [9.17, 15) is 10.2 Å². The van der Waals surface area contributed by atoms with E-state index in [2.05, 4.69) is 20.3 Å². The molecule has 0 aliphatic heterocycles. The minimum Gasteiger partial charge on any atom is -0.507 e. The van der Waals surface area contributed by atoms with Crippen LogP contribution in [0.2, 0.25) is 0 Å². The number of rotatable bonds is 8. The number of unbranched alkanes of at least 4 members (excludes halogenated alkanes) is 1. The summed E-state index contributed by atoms with van der Waals surface area (Å²) in [6.07, 6.45) is 5.07. The zero-order valence-electron chi connectivity index (χ0n) is 14.3. The van der Waals surface area contributed by atoms with E-state index < -0.39 is 0 Å². The van der Waals surface area contributed by atoms with Crippen molar-refractivity contribution in [2.75, 3.05) is 18.3 Å². The predicted molar refractivity (Wildman–Crippen MR) is 98.9 cm³/mol. The van der Waals surface area contributed by atoms with Gasteiger partial charge in [-0.1, -0.05) is 0 Å². The van der Waals surface area contributed by atoms with Gasteiger partial charge < -0.3 is 24.8 Å². The number of aryl methyl sites for hydroxylation is 1. The quantitative estimate of drug-likeness (QED) is 0.315. The fraction of sp³-hybridized carbons (Fsp3) is 0.353. The molecule has 0 atom stereocenters. The van der Waals surface area contributed by atoms with E-state index in [1.54, 1.807) is 6.33 Å². The lowest BCUT2D eigenvalue weighted by Crippen LogP contribution is -2.04. The van der Waals surface area contributed by atoms with Crippen LogP contribution in [0, 0.1) is 0 Å². The van der Waals surface area contributed by atoms with E-state index >= 15 is 0 Å². The molecule has 0 saturated heterocycles. The average molecular weight is 378 g/mol. The Hall–Kier alpha value is -2.74. The van der Waals surface area contributed by atoms with Gasteiger partial charge in [0.1, 0.15) is 17.6 Å². The Balaban J connectivity index is 1.78. The summed E-state index contributed by atoms with van der Waals surface area (Å²) >= 11 is 5.72. The first-order valence-electron chi connectivity index (χ1n) is 8.18. The summed E-state index contributed by atoms with van der Waals surface area (Å²) in [5.41, 5.74) is 1.89. The lowest BCUT2D eigenvalue weighted by molar-refractivity contribution is 0.367. The summed E-state index contributed by atoms with van der Waals surface area (Å²) in [7, 11) is 1.42. The Morgan fingerprint density at radius 1 is 1.15 bits per heavy atom. The van der Waals surface area contributed by atoms with E-state index in [0.717, 1.165) is 25.0 Å². The lowest BCUT2D eigenvalue weighted by Gasteiger charge is -2.11. The summed E-state index contributed by atoms with van der Waals surface area (Å²) in [4.78, 5) is 12.9. The molecule has 1 aromatic carbocycles. The number of phenolic OH excluding ortho intramolecular Hbond substituents is 2. The molecule has 0 aliphatic carbocycles. The fourth-order valence-electron chi connectivity index (χ4n) is 2.64. The second-order valence-electron chi connectivity index (χ2n) is 5.73. The molecule has 3 N–H and O–H groups in total. The third-order valence-corrected chi connectivity index (χ3v) is 4.28. The number of imidazole rings is 1. The van der Waals surface area contributed by atoms with Crippen LogP contribution in [0.4, 0.5) is 5.82 Å². The summed E-state index contributed by atoms with van der Waals surface area (Å²) in [6, 6.07) is 2.82. The second kappa shape index (κ2) is 8.09. The maximum absolute atomic E-state index is 10.1. The van der Waals surface area contributed by atoms with E-state index in [1.807, 2.05) is 4.57 Å². The highest BCUT2D eigenvalue weighted by Crippen LogP contribution is 2.33. The van der Waals surface area contributed by atoms with Crippen molar-refractivity contribution in [2.45, 2.75) is 25.9 Å². The SMILES string of the molecule is COc1cc(O)c(CNc2ncnc3c2ncn3CCCCCl)cc1O. The van der Waals surface area contributed by atoms with Crippen LogP contribution in [-0.4, -0.2) is 42.7 Å². The van der Waals surface area contributed by atoms with Gasteiger partial charge in [-0.3, -0.25) is 0 Å². The van der Waals surface area contributed by atoms with Gasteiger partial charge in [0.15, 0.2) is 23.0 Å². The van der Waals surface area contributed by atoms with Gasteiger partial charge in [0, 0.05) is 30.6 Å². The average Bonchev–Trinajstić information content (AvgIpc) is 3.06. The van der Waals surface area contributed by atoms with Crippen molar-refractivity contribution in [1.29, 1.82) is 0 Å². The van der Waals surface area contributed by atoms with Gasteiger partial charge in [0.05, 0.1) is 13.4 Å². The van der Waals surface area contributed by atoms with Gasteiger partial charge in [-0.15, -0.1) is 11.6 Å². The first-order valence-corrected chi connectivity index (χ1v) is 8.72. The molecule has 0 aliphatic rings. The molecule has 0 radical (unpaired) electrons. The number of anilines is 1. The third-order valence-electron chi connectivity index (χ3n) is 4.01. The van der Waals surface area contributed by atoms with Crippen molar-refractivity contribution < 1.29 is 14.9 Å². The van der Waals surface area contributed by atoms with Crippen LogP contribution in [0.5, 0.6) is 17.2 Å². The molecule has 8 nitrogen and oxygen atoms in total. The fourth-order valence-corrected chi connectivity index (χ4v) is 2.82. The molecule has 138 valence electrons. The van der Waals surface area contributed by atoms with Crippen molar-refractivity contribution in [2.24, 2.45) is 0 Å².